The van der Waals surface area contributed by atoms with Crippen LogP contribution >= 0.6 is 35.2 Å². The van der Waals surface area contributed by atoms with E-state index in [1.807, 2.05) is 55.6 Å². The molecule has 1 N–H and O–H groups in total. The van der Waals surface area contributed by atoms with E-state index in [-0.39, 0.29) is 11.9 Å². The number of amides is 1. The van der Waals surface area contributed by atoms with E-state index in [9.17, 15) is 4.79 Å². The number of hydrogen-bond donors (Lipinski definition) is 1. The molecule has 26 heavy (non-hydrogen) atoms. The number of halogens is 1. The number of hydrogen-bond acceptors (Lipinski definition) is 4. The number of likely N-dealkylation sites (N-methyl/N-ethyl adjacent to an activating group) is 1. The minimum atomic E-state index is -0.481. The zero-order chi connectivity index (χ0) is 18.8. The third-order valence-electron chi connectivity index (χ3n) is 4.45. The molecule has 0 radical (unpaired) electrons. The lowest BCUT2D eigenvalue weighted by molar-refractivity contribution is -0.134. The Morgan fingerprint density at radius 1 is 1.35 bits per heavy atom. The van der Waals surface area contributed by atoms with Crippen molar-refractivity contribution in [3.8, 4) is 10.7 Å². The minimum absolute atomic E-state index is 0.0484. The number of nitrogens with one attached hydrogen (secondary N) is 1. The highest BCUT2D eigenvalue weighted by Gasteiger charge is 2.27. The molecule has 1 aromatic carbocycles. The largest absolute Gasteiger partial charge is 0.337 e. The van der Waals surface area contributed by atoms with E-state index >= 15 is 0 Å². The second kappa shape index (κ2) is 7.73. The molecule has 0 saturated carbocycles. The topological polar surface area (TPSA) is 53.9 Å². The highest BCUT2D eigenvalue weighted by atomic mass is 35.5. The van der Waals surface area contributed by atoms with Gasteiger partial charge in [-0.1, -0.05) is 29.8 Å². The first-order valence-electron chi connectivity index (χ1n) is 8.13. The van der Waals surface area contributed by atoms with Crippen LogP contribution in [-0.2, 0) is 4.79 Å². The Bertz CT molecular complexity index is 964. The second-order valence-corrected chi connectivity index (χ2v) is 7.83. The van der Waals surface area contributed by atoms with Gasteiger partial charge >= 0.3 is 0 Å². The average Bonchev–Trinajstić information content (AvgIpc) is 3.28. The number of aromatic nitrogens is 3. The number of benzene rings is 1. The molecule has 136 valence electrons. The van der Waals surface area contributed by atoms with Crippen molar-refractivity contribution < 1.29 is 4.79 Å². The summed E-state index contributed by atoms with van der Waals surface area (Å²) in [6.45, 7) is 3.82. The van der Waals surface area contributed by atoms with Crippen molar-refractivity contribution in [3.05, 3.63) is 57.1 Å². The Morgan fingerprint density at radius 3 is 2.77 bits per heavy atom. The van der Waals surface area contributed by atoms with Crippen LogP contribution in [0.4, 0.5) is 0 Å². The molecule has 2 heterocycles. The van der Waals surface area contributed by atoms with E-state index in [4.69, 9.17) is 23.8 Å². The Morgan fingerprint density at radius 2 is 2.12 bits per heavy atom. The van der Waals surface area contributed by atoms with Crippen molar-refractivity contribution in [3.63, 3.8) is 0 Å². The molecule has 0 aliphatic carbocycles. The lowest BCUT2D eigenvalue weighted by Crippen LogP contribution is -2.35. The fourth-order valence-corrected chi connectivity index (χ4v) is 4.03. The average molecular weight is 407 g/mol. The molecule has 0 spiro atoms. The zero-order valence-corrected chi connectivity index (χ0v) is 17.0. The third kappa shape index (κ3) is 3.60. The fourth-order valence-electron chi connectivity index (χ4n) is 2.83. The number of thiophene rings is 1. The van der Waals surface area contributed by atoms with Gasteiger partial charge in [-0.2, -0.15) is 5.10 Å². The van der Waals surface area contributed by atoms with Crippen molar-refractivity contribution in [2.45, 2.75) is 25.9 Å². The predicted octanol–water partition coefficient (Wildman–Crippen LogP) is 5.10. The highest BCUT2D eigenvalue weighted by Crippen LogP contribution is 2.28. The molecule has 2 aromatic heterocycles. The smallest absolute Gasteiger partial charge is 0.245 e. The molecule has 5 nitrogen and oxygen atoms in total. The van der Waals surface area contributed by atoms with Crippen molar-refractivity contribution in [2.24, 2.45) is 0 Å². The van der Waals surface area contributed by atoms with E-state index in [1.54, 1.807) is 27.9 Å². The van der Waals surface area contributed by atoms with Gasteiger partial charge in [0, 0.05) is 12.1 Å². The summed E-state index contributed by atoms with van der Waals surface area (Å²) in [5.74, 6) is 0.627. The van der Waals surface area contributed by atoms with Crippen molar-refractivity contribution in [1.82, 2.24) is 19.7 Å². The molecule has 0 bridgehead atoms. The van der Waals surface area contributed by atoms with Crippen molar-refractivity contribution in [1.29, 1.82) is 0 Å². The highest BCUT2D eigenvalue weighted by molar-refractivity contribution is 7.71. The Balaban J connectivity index is 1.88. The van der Waals surface area contributed by atoms with Crippen LogP contribution in [0.15, 0.2) is 41.8 Å². The van der Waals surface area contributed by atoms with Crippen LogP contribution in [0.2, 0.25) is 5.02 Å². The van der Waals surface area contributed by atoms with E-state index in [1.165, 1.54) is 0 Å². The van der Waals surface area contributed by atoms with E-state index in [0.717, 1.165) is 10.4 Å². The summed E-state index contributed by atoms with van der Waals surface area (Å²) < 4.78 is 2.20. The lowest BCUT2D eigenvalue weighted by atomic mass is 10.1. The van der Waals surface area contributed by atoms with Crippen LogP contribution in [0.3, 0.4) is 0 Å². The molecule has 0 fully saturated rings. The van der Waals surface area contributed by atoms with Gasteiger partial charge in [0.05, 0.1) is 10.9 Å². The maximum absolute atomic E-state index is 13.1. The number of nitrogens with zero attached hydrogens (tertiary/aromatic N) is 3. The predicted molar refractivity (Wildman–Crippen MR) is 108 cm³/mol. The molecule has 2 unspecified atom stereocenters. The molecule has 3 rings (SSSR count). The van der Waals surface area contributed by atoms with Gasteiger partial charge < -0.3 is 4.90 Å². The summed E-state index contributed by atoms with van der Waals surface area (Å²) in [5.41, 5.74) is 0.981. The normalized spacial score (nSPS) is 13.4. The molecule has 1 amide bonds. The molecule has 3 aromatic rings. The minimum Gasteiger partial charge on any atom is -0.337 e. The van der Waals surface area contributed by atoms with Crippen LogP contribution in [0.25, 0.3) is 10.7 Å². The second-order valence-electron chi connectivity index (χ2n) is 6.06. The first kappa shape index (κ1) is 18.8. The van der Waals surface area contributed by atoms with Gasteiger partial charge in [-0.15, -0.1) is 11.3 Å². The molecule has 0 aliphatic rings. The first-order chi connectivity index (χ1) is 12.4. The van der Waals surface area contributed by atoms with Gasteiger partial charge in [-0.3, -0.25) is 14.5 Å². The van der Waals surface area contributed by atoms with Crippen LogP contribution < -0.4 is 0 Å². The van der Waals surface area contributed by atoms with Gasteiger partial charge in [0.25, 0.3) is 0 Å². The Hall–Kier alpha value is -1.96. The van der Waals surface area contributed by atoms with Gasteiger partial charge in [-0.05, 0) is 55.2 Å². The maximum Gasteiger partial charge on any atom is 0.245 e. The van der Waals surface area contributed by atoms with Gasteiger partial charge in [0.1, 0.15) is 6.04 Å². The van der Waals surface area contributed by atoms with Gasteiger partial charge in [0.2, 0.25) is 5.91 Å². The van der Waals surface area contributed by atoms with Crippen molar-refractivity contribution in [2.75, 3.05) is 7.05 Å². The van der Waals surface area contributed by atoms with E-state index < -0.39 is 6.04 Å². The summed E-state index contributed by atoms with van der Waals surface area (Å²) >= 11 is 13.0. The number of H-pyrrole nitrogens is 1. The molecular weight excluding hydrogens is 388 g/mol. The summed E-state index contributed by atoms with van der Waals surface area (Å²) in [7, 11) is 1.79. The Kier molecular flexibility index (Phi) is 5.60. The van der Waals surface area contributed by atoms with Gasteiger partial charge in [0.15, 0.2) is 10.6 Å². The number of aromatic amines is 1. The fraction of sp³-hybridized carbons (Fsp3) is 0.278. The monoisotopic (exact) mass is 406 g/mol. The van der Waals surface area contributed by atoms with E-state index in [2.05, 4.69) is 10.2 Å². The lowest BCUT2D eigenvalue weighted by Gasteiger charge is -2.28. The third-order valence-corrected chi connectivity index (χ3v) is 5.84. The quantitative estimate of drug-likeness (QED) is 0.599. The molecule has 0 aliphatic heterocycles. The summed E-state index contributed by atoms with van der Waals surface area (Å²) in [5, 5.41) is 9.73. The summed E-state index contributed by atoms with van der Waals surface area (Å²) in [4.78, 5) is 15.8. The summed E-state index contributed by atoms with van der Waals surface area (Å²) in [6, 6.07) is 10.9. The van der Waals surface area contributed by atoms with Crippen LogP contribution in [0.5, 0.6) is 0 Å². The molecule has 8 heteroatoms. The van der Waals surface area contributed by atoms with Crippen LogP contribution in [0, 0.1) is 4.77 Å². The van der Waals surface area contributed by atoms with Crippen LogP contribution in [-0.4, -0.2) is 32.6 Å². The number of carbonyl (C=O) groups excluding carboxylic acids is 1. The van der Waals surface area contributed by atoms with Crippen molar-refractivity contribution >= 4 is 41.1 Å². The molecule has 0 saturated heterocycles. The number of carbonyl (C=O) groups is 1. The zero-order valence-electron chi connectivity index (χ0n) is 14.6. The summed E-state index contributed by atoms with van der Waals surface area (Å²) in [6.07, 6.45) is 0. The van der Waals surface area contributed by atoms with Crippen LogP contribution in [0.1, 0.15) is 31.5 Å². The standard InChI is InChI=1S/C18H19ClN4OS2/c1-11(13-6-4-7-14(19)10-13)22(3)17(24)12(2)23-16(20-21-18(23)25)15-8-5-9-26-15/h4-12H,1-3H3,(H,21,25). The van der Waals surface area contributed by atoms with E-state index in [0.29, 0.717) is 15.6 Å². The number of rotatable bonds is 5. The van der Waals surface area contributed by atoms with Gasteiger partial charge in [-0.25, -0.2) is 0 Å². The molecular formula is C18H19ClN4OS2. The Labute approximate surface area is 166 Å². The SMILES string of the molecule is CC(c1cccc(Cl)c1)N(C)C(=O)C(C)n1c(-c2cccs2)n[nH]c1=S. The molecule has 2 atom stereocenters. The maximum atomic E-state index is 13.1. The first-order valence-corrected chi connectivity index (χ1v) is 9.79.